The Morgan fingerprint density at radius 2 is 1.71 bits per heavy atom. The second-order valence-electron chi connectivity index (χ2n) is 7.15. The van der Waals surface area contributed by atoms with Crippen LogP contribution in [0.3, 0.4) is 0 Å². The van der Waals surface area contributed by atoms with Crippen LogP contribution in [0.15, 0.2) is 30.4 Å². The fourth-order valence-corrected chi connectivity index (χ4v) is 4.10. The van der Waals surface area contributed by atoms with Crippen molar-refractivity contribution in [2.75, 3.05) is 0 Å². The molecule has 28 heavy (non-hydrogen) atoms. The normalized spacial score (nSPS) is 22.1. The molecule has 1 aliphatic carbocycles. The van der Waals surface area contributed by atoms with Crippen LogP contribution in [0.1, 0.15) is 55.3 Å². The molecule has 1 saturated carbocycles. The third kappa shape index (κ3) is 6.73. The first-order valence-corrected chi connectivity index (χ1v) is 10.1. The van der Waals surface area contributed by atoms with Crippen LogP contribution in [0.5, 0.6) is 0 Å². The minimum absolute atomic E-state index is 0.00550. The molecule has 1 aromatic carbocycles. The van der Waals surface area contributed by atoms with Gasteiger partial charge in [0, 0.05) is 40.3 Å². The van der Waals surface area contributed by atoms with E-state index in [-0.39, 0.29) is 30.3 Å². The summed E-state index contributed by atoms with van der Waals surface area (Å²) in [6.45, 7) is 0. The molecule has 0 aromatic heterocycles. The molecule has 0 amide bonds. The van der Waals surface area contributed by atoms with Crippen LogP contribution in [0.4, 0.5) is 0 Å². The fourth-order valence-electron chi connectivity index (χ4n) is 3.58. The molecule has 1 aliphatic rings. The standard InChI is InChI=1S/C21H24Cl2O5/c22-14-9-13(10-15(23)11-14)18(24)8-7-17-16(19(25)12-20(17)26)5-3-1-2-4-6-21(27)28/h7-11,16-17,20,26H,1-6,12H2,(H,27,28)/b8-7+. The zero-order valence-corrected chi connectivity index (χ0v) is 17.0. The number of hydrogen-bond acceptors (Lipinski definition) is 4. The number of aliphatic carboxylic acids is 1. The van der Waals surface area contributed by atoms with Crippen LogP contribution in [-0.4, -0.2) is 33.9 Å². The first kappa shape index (κ1) is 22.6. The first-order valence-electron chi connectivity index (χ1n) is 9.39. The lowest BCUT2D eigenvalue weighted by atomic mass is 9.88. The van der Waals surface area contributed by atoms with E-state index in [1.165, 1.54) is 24.3 Å². The van der Waals surface area contributed by atoms with Crippen molar-refractivity contribution in [3.05, 3.63) is 46.0 Å². The van der Waals surface area contributed by atoms with Crippen molar-refractivity contribution in [2.24, 2.45) is 11.8 Å². The molecule has 0 bridgehead atoms. The maximum atomic E-state index is 12.4. The number of hydrogen-bond donors (Lipinski definition) is 2. The number of Topliss-reactive ketones (excluding diaryl/α,β-unsaturated/α-hetero) is 1. The maximum absolute atomic E-state index is 12.4. The Bertz CT molecular complexity index is 739. The Morgan fingerprint density at radius 1 is 1.07 bits per heavy atom. The molecule has 1 aromatic rings. The number of carboxylic acid groups (broad SMARTS) is 1. The van der Waals surface area contributed by atoms with Gasteiger partial charge >= 0.3 is 5.97 Å². The molecule has 3 unspecified atom stereocenters. The monoisotopic (exact) mass is 426 g/mol. The SMILES string of the molecule is O=C(O)CCCCCCC1C(=O)CC(O)C1/C=C/C(=O)c1cc(Cl)cc(Cl)c1. The second kappa shape index (κ2) is 10.7. The van der Waals surface area contributed by atoms with Crippen LogP contribution >= 0.6 is 23.2 Å². The summed E-state index contributed by atoms with van der Waals surface area (Å²) in [5.74, 6) is -1.80. The van der Waals surface area contributed by atoms with Crippen molar-refractivity contribution < 1.29 is 24.6 Å². The van der Waals surface area contributed by atoms with E-state index in [9.17, 15) is 19.5 Å². The zero-order valence-electron chi connectivity index (χ0n) is 15.4. The Balaban J connectivity index is 1.93. The van der Waals surface area contributed by atoms with Gasteiger partial charge in [-0.2, -0.15) is 0 Å². The number of carbonyl (C=O) groups excluding carboxylic acids is 2. The Hall–Kier alpha value is -1.69. The summed E-state index contributed by atoms with van der Waals surface area (Å²) >= 11 is 11.8. The number of halogens is 2. The van der Waals surface area contributed by atoms with Gasteiger partial charge in [-0.05, 0) is 37.1 Å². The number of allylic oxidation sites excluding steroid dienone is 1. The van der Waals surface area contributed by atoms with Gasteiger partial charge in [0.25, 0.3) is 0 Å². The van der Waals surface area contributed by atoms with E-state index in [4.69, 9.17) is 28.3 Å². The van der Waals surface area contributed by atoms with Gasteiger partial charge in [-0.1, -0.05) is 48.5 Å². The van der Waals surface area contributed by atoms with E-state index in [1.54, 1.807) is 6.08 Å². The van der Waals surface area contributed by atoms with Gasteiger partial charge in [0.05, 0.1) is 6.10 Å². The van der Waals surface area contributed by atoms with E-state index < -0.39 is 18.0 Å². The van der Waals surface area contributed by atoms with Crippen LogP contribution in [0.2, 0.25) is 10.0 Å². The van der Waals surface area contributed by atoms with Gasteiger partial charge in [-0.3, -0.25) is 14.4 Å². The van der Waals surface area contributed by atoms with Crippen molar-refractivity contribution in [3.8, 4) is 0 Å². The van der Waals surface area contributed by atoms with Crippen LogP contribution in [0, 0.1) is 11.8 Å². The van der Waals surface area contributed by atoms with Gasteiger partial charge in [0.1, 0.15) is 5.78 Å². The van der Waals surface area contributed by atoms with Crippen molar-refractivity contribution in [2.45, 2.75) is 51.0 Å². The number of rotatable bonds is 10. The number of ketones is 2. The minimum atomic E-state index is -0.801. The summed E-state index contributed by atoms with van der Waals surface area (Å²) < 4.78 is 0. The third-order valence-corrected chi connectivity index (χ3v) is 5.44. The largest absolute Gasteiger partial charge is 0.481 e. The average molecular weight is 427 g/mol. The molecule has 2 N–H and O–H groups in total. The van der Waals surface area contributed by atoms with Crippen molar-refractivity contribution in [1.29, 1.82) is 0 Å². The fraction of sp³-hybridized carbons (Fsp3) is 0.476. The van der Waals surface area contributed by atoms with Crippen molar-refractivity contribution in [1.82, 2.24) is 0 Å². The lowest BCUT2D eigenvalue weighted by Crippen LogP contribution is -2.19. The van der Waals surface area contributed by atoms with Gasteiger partial charge in [0.2, 0.25) is 0 Å². The lowest BCUT2D eigenvalue weighted by Gasteiger charge is -2.17. The summed E-state index contributed by atoms with van der Waals surface area (Å²) in [6, 6.07) is 4.57. The van der Waals surface area contributed by atoms with E-state index in [2.05, 4.69) is 0 Å². The summed E-state index contributed by atoms with van der Waals surface area (Å²) in [6.07, 6.45) is 6.09. The number of carboxylic acids is 1. The lowest BCUT2D eigenvalue weighted by molar-refractivity contribution is -0.137. The number of benzene rings is 1. The topological polar surface area (TPSA) is 91.7 Å². The van der Waals surface area contributed by atoms with E-state index in [0.717, 1.165) is 19.3 Å². The molecule has 0 aliphatic heterocycles. The Kier molecular flexibility index (Phi) is 8.67. The molecule has 0 heterocycles. The van der Waals surface area contributed by atoms with Gasteiger partial charge < -0.3 is 10.2 Å². The van der Waals surface area contributed by atoms with E-state index in [1.807, 2.05) is 0 Å². The summed E-state index contributed by atoms with van der Waals surface area (Å²) in [5, 5.41) is 19.6. The quantitative estimate of drug-likeness (QED) is 0.320. The molecule has 1 fully saturated rings. The predicted octanol–water partition coefficient (Wildman–Crippen LogP) is 4.72. The smallest absolute Gasteiger partial charge is 0.303 e. The zero-order chi connectivity index (χ0) is 20.7. The van der Waals surface area contributed by atoms with Crippen molar-refractivity contribution >= 4 is 40.7 Å². The number of aliphatic hydroxyl groups excluding tert-OH is 1. The van der Waals surface area contributed by atoms with Crippen molar-refractivity contribution in [3.63, 3.8) is 0 Å². The van der Waals surface area contributed by atoms with Crippen LogP contribution < -0.4 is 0 Å². The number of aliphatic hydroxyl groups is 1. The highest BCUT2D eigenvalue weighted by Crippen LogP contribution is 2.34. The Labute approximate surface area is 174 Å². The average Bonchev–Trinajstić information content (AvgIpc) is 2.87. The molecular formula is C21H24Cl2O5. The predicted molar refractivity (Wildman–Crippen MR) is 108 cm³/mol. The van der Waals surface area contributed by atoms with Gasteiger partial charge in [0.15, 0.2) is 5.78 Å². The summed E-state index contributed by atoms with van der Waals surface area (Å²) in [7, 11) is 0. The van der Waals surface area contributed by atoms with Gasteiger partial charge in [-0.25, -0.2) is 0 Å². The highest BCUT2D eigenvalue weighted by molar-refractivity contribution is 6.35. The molecule has 0 spiro atoms. The Morgan fingerprint density at radius 3 is 2.36 bits per heavy atom. The number of carbonyl (C=O) groups is 3. The molecule has 0 saturated heterocycles. The highest BCUT2D eigenvalue weighted by Gasteiger charge is 2.39. The summed E-state index contributed by atoms with van der Waals surface area (Å²) in [4.78, 5) is 35.1. The molecule has 0 radical (unpaired) electrons. The summed E-state index contributed by atoms with van der Waals surface area (Å²) in [5.41, 5.74) is 0.350. The minimum Gasteiger partial charge on any atom is -0.481 e. The molecule has 2 rings (SSSR count). The first-order chi connectivity index (χ1) is 13.3. The molecule has 5 nitrogen and oxygen atoms in total. The van der Waals surface area contributed by atoms with Crippen LogP contribution in [-0.2, 0) is 9.59 Å². The maximum Gasteiger partial charge on any atom is 0.303 e. The molecular weight excluding hydrogens is 403 g/mol. The molecule has 152 valence electrons. The second-order valence-corrected chi connectivity index (χ2v) is 8.02. The van der Waals surface area contributed by atoms with E-state index in [0.29, 0.717) is 28.5 Å². The molecule has 3 atom stereocenters. The van der Waals surface area contributed by atoms with E-state index >= 15 is 0 Å². The number of unbranched alkanes of at least 4 members (excludes halogenated alkanes) is 3. The van der Waals surface area contributed by atoms with Crippen LogP contribution in [0.25, 0.3) is 0 Å². The highest BCUT2D eigenvalue weighted by atomic mass is 35.5. The molecule has 7 heteroatoms. The van der Waals surface area contributed by atoms with Gasteiger partial charge in [-0.15, -0.1) is 0 Å². The third-order valence-electron chi connectivity index (χ3n) is 5.01.